The number of hydrogen-bond acceptors (Lipinski definition) is 5. The van der Waals surface area contributed by atoms with E-state index in [1.54, 1.807) is 24.8 Å². The van der Waals surface area contributed by atoms with Crippen molar-refractivity contribution in [2.45, 2.75) is 38.0 Å². The van der Waals surface area contributed by atoms with E-state index in [4.69, 9.17) is 5.26 Å². The number of aromatic nitrogens is 4. The summed E-state index contributed by atoms with van der Waals surface area (Å²) in [4.78, 5) is 6.37. The maximum atomic E-state index is 9.16. The smallest absolute Gasteiger partial charge is 0.135 e. The van der Waals surface area contributed by atoms with Gasteiger partial charge in [0.05, 0.1) is 17.4 Å². The molecule has 1 aliphatic carbocycles. The molecule has 0 unspecified atom stereocenters. The van der Waals surface area contributed by atoms with E-state index in [2.05, 4.69) is 26.2 Å². The fourth-order valence-electron chi connectivity index (χ4n) is 2.77. The van der Waals surface area contributed by atoms with Gasteiger partial charge < -0.3 is 9.47 Å². The molecule has 2 aliphatic rings. The number of hydrogen-bond donors (Lipinski definition) is 0. The molecule has 120 valence electrons. The lowest BCUT2D eigenvalue weighted by molar-refractivity contribution is 0.474. The van der Waals surface area contributed by atoms with Gasteiger partial charge in [0.2, 0.25) is 0 Å². The Bertz CT molecular complexity index is 674. The normalized spacial score (nSPS) is 17.1. The van der Waals surface area contributed by atoms with Crippen LogP contribution in [0.5, 0.6) is 0 Å². The highest BCUT2D eigenvalue weighted by atomic mass is 15.3. The molecule has 4 rings (SSSR count). The van der Waals surface area contributed by atoms with Crippen LogP contribution in [0.3, 0.4) is 0 Å². The molecule has 0 aromatic carbocycles. The standard InChI is InChI=1S/C14H16N6.C3H6/c1-19-10-17-18-14(19)11-3-6-20(7-4-11)13-9-16-5-2-12(13)8-15;1-2-3-1/h2,5,9-11H,3-4,6-7H2,1H3;1-3H2. The second-order valence-corrected chi connectivity index (χ2v) is 6.13. The van der Waals surface area contributed by atoms with Crippen molar-refractivity contribution in [2.75, 3.05) is 18.0 Å². The number of pyridine rings is 1. The summed E-state index contributed by atoms with van der Waals surface area (Å²) in [7, 11) is 1.98. The molecule has 6 heteroatoms. The summed E-state index contributed by atoms with van der Waals surface area (Å²) < 4.78 is 1.99. The quantitative estimate of drug-likeness (QED) is 0.852. The van der Waals surface area contributed by atoms with Gasteiger partial charge in [0, 0.05) is 32.3 Å². The van der Waals surface area contributed by atoms with Crippen LogP contribution in [0.15, 0.2) is 24.8 Å². The summed E-state index contributed by atoms with van der Waals surface area (Å²) in [5, 5.41) is 17.3. The van der Waals surface area contributed by atoms with Gasteiger partial charge in [0.15, 0.2) is 0 Å². The van der Waals surface area contributed by atoms with E-state index >= 15 is 0 Å². The van der Waals surface area contributed by atoms with Crippen molar-refractivity contribution in [1.82, 2.24) is 19.7 Å². The molecular formula is C17H22N6. The highest BCUT2D eigenvalue weighted by Crippen LogP contribution is 2.30. The number of nitrogens with zero attached hydrogens (tertiary/aromatic N) is 6. The number of nitriles is 1. The zero-order chi connectivity index (χ0) is 16.1. The summed E-state index contributed by atoms with van der Waals surface area (Å²) in [5.41, 5.74) is 1.63. The van der Waals surface area contributed by atoms with Crippen LogP contribution >= 0.6 is 0 Å². The van der Waals surface area contributed by atoms with E-state index in [9.17, 15) is 0 Å². The molecule has 0 N–H and O–H groups in total. The number of aryl methyl sites for hydroxylation is 1. The van der Waals surface area contributed by atoms with Gasteiger partial charge in [0.25, 0.3) is 0 Å². The Balaban J connectivity index is 0.000000468. The molecule has 1 saturated heterocycles. The summed E-state index contributed by atoms with van der Waals surface area (Å²) in [5.74, 6) is 1.50. The molecule has 6 nitrogen and oxygen atoms in total. The first kappa shape index (κ1) is 15.5. The highest BCUT2D eigenvalue weighted by Gasteiger charge is 2.25. The van der Waals surface area contributed by atoms with Gasteiger partial charge in [0.1, 0.15) is 18.2 Å². The Morgan fingerprint density at radius 2 is 1.96 bits per heavy atom. The van der Waals surface area contributed by atoms with Crippen molar-refractivity contribution in [1.29, 1.82) is 5.26 Å². The van der Waals surface area contributed by atoms with Crippen LogP contribution in [0.1, 0.15) is 49.4 Å². The third-order valence-corrected chi connectivity index (χ3v) is 4.22. The Labute approximate surface area is 136 Å². The number of piperidine rings is 1. The van der Waals surface area contributed by atoms with Crippen molar-refractivity contribution in [3.8, 4) is 6.07 Å². The minimum Gasteiger partial charge on any atom is -0.369 e. The predicted molar refractivity (Wildman–Crippen MR) is 88.0 cm³/mol. The van der Waals surface area contributed by atoms with Gasteiger partial charge in [-0.1, -0.05) is 19.3 Å². The van der Waals surface area contributed by atoms with Crippen LogP contribution in [0.4, 0.5) is 5.69 Å². The topological polar surface area (TPSA) is 70.6 Å². The van der Waals surface area contributed by atoms with Crippen LogP contribution in [-0.4, -0.2) is 32.8 Å². The average Bonchev–Trinajstić information content (AvgIpc) is 3.43. The van der Waals surface area contributed by atoms with Crippen LogP contribution in [0, 0.1) is 11.3 Å². The molecule has 3 heterocycles. The minimum absolute atomic E-state index is 0.445. The molecule has 2 fully saturated rings. The molecule has 2 aromatic rings. The van der Waals surface area contributed by atoms with Gasteiger partial charge >= 0.3 is 0 Å². The van der Waals surface area contributed by atoms with E-state index in [0.717, 1.165) is 37.4 Å². The predicted octanol–water partition coefficient (Wildman–Crippen LogP) is 2.64. The maximum absolute atomic E-state index is 9.16. The van der Waals surface area contributed by atoms with Gasteiger partial charge in [-0.25, -0.2) is 0 Å². The lowest BCUT2D eigenvalue weighted by Gasteiger charge is -2.33. The average molecular weight is 310 g/mol. The Morgan fingerprint density at radius 3 is 2.52 bits per heavy atom. The van der Waals surface area contributed by atoms with Gasteiger partial charge in [-0.3, -0.25) is 4.98 Å². The van der Waals surface area contributed by atoms with E-state index in [0.29, 0.717) is 11.5 Å². The maximum Gasteiger partial charge on any atom is 0.135 e. The van der Waals surface area contributed by atoms with E-state index in [1.165, 1.54) is 19.3 Å². The first-order valence-electron chi connectivity index (χ1n) is 8.22. The van der Waals surface area contributed by atoms with Gasteiger partial charge in [-0.2, -0.15) is 5.26 Å². The summed E-state index contributed by atoms with van der Waals surface area (Å²) in [6.07, 6.45) is 11.7. The first-order valence-corrected chi connectivity index (χ1v) is 8.22. The van der Waals surface area contributed by atoms with E-state index < -0.39 is 0 Å². The van der Waals surface area contributed by atoms with E-state index in [-0.39, 0.29) is 0 Å². The fraction of sp³-hybridized carbons (Fsp3) is 0.529. The molecule has 23 heavy (non-hydrogen) atoms. The van der Waals surface area contributed by atoms with Crippen molar-refractivity contribution in [3.63, 3.8) is 0 Å². The van der Waals surface area contributed by atoms with Crippen molar-refractivity contribution < 1.29 is 0 Å². The molecule has 0 spiro atoms. The van der Waals surface area contributed by atoms with Crippen LogP contribution < -0.4 is 4.90 Å². The van der Waals surface area contributed by atoms with Crippen molar-refractivity contribution >= 4 is 5.69 Å². The second-order valence-electron chi connectivity index (χ2n) is 6.13. The van der Waals surface area contributed by atoms with Crippen LogP contribution in [0.25, 0.3) is 0 Å². The Hall–Kier alpha value is -2.42. The molecule has 1 aliphatic heterocycles. The third kappa shape index (κ3) is 3.86. The molecule has 1 saturated carbocycles. The number of rotatable bonds is 2. The molecular weight excluding hydrogens is 288 g/mol. The molecule has 2 aromatic heterocycles. The van der Waals surface area contributed by atoms with Crippen LogP contribution in [-0.2, 0) is 7.05 Å². The van der Waals surface area contributed by atoms with Crippen LogP contribution in [0.2, 0.25) is 0 Å². The molecule has 0 bridgehead atoms. The van der Waals surface area contributed by atoms with E-state index in [1.807, 2.05) is 11.6 Å². The summed E-state index contributed by atoms with van der Waals surface area (Å²) in [6, 6.07) is 4.00. The minimum atomic E-state index is 0.445. The number of anilines is 1. The molecule has 0 radical (unpaired) electrons. The lowest BCUT2D eigenvalue weighted by Crippen LogP contribution is -2.34. The van der Waals surface area contributed by atoms with Crippen molar-refractivity contribution in [2.24, 2.45) is 7.05 Å². The zero-order valence-corrected chi connectivity index (χ0v) is 13.5. The second kappa shape index (κ2) is 7.23. The fourth-order valence-corrected chi connectivity index (χ4v) is 2.77. The lowest BCUT2D eigenvalue weighted by atomic mass is 9.95. The van der Waals surface area contributed by atoms with Crippen molar-refractivity contribution in [3.05, 3.63) is 36.2 Å². The van der Waals surface area contributed by atoms with Gasteiger partial charge in [-0.15, -0.1) is 10.2 Å². The largest absolute Gasteiger partial charge is 0.369 e. The first-order chi connectivity index (χ1) is 11.3. The zero-order valence-electron chi connectivity index (χ0n) is 13.5. The Kier molecular flexibility index (Phi) is 4.86. The SMILES string of the molecule is C1CC1.Cn1cnnc1C1CCN(c2cnccc2C#N)CC1. The third-order valence-electron chi connectivity index (χ3n) is 4.22. The molecule has 0 atom stereocenters. The summed E-state index contributed by atoms with van der Waals surface area (Å²) in [6.45, 7) is 1.83. The summed E-state index contributed by atoms with van der Waals surface area (Å²) >= 11 is 0. The monoisotopic (exact) mass is 310 g/mol. The highest BCUT2D eigenvalue weighted by molar-refractivity contribution is 5.57. The van der Waals surface area contributed by atoms with Gasteiger partial charge in [-0.05, 0) is 18.9 Å². The molecule has 0 amide bonds. The Morgan fingerprint density at radius 1 is 1.22 bits per heavy atom.